The first kappa shape index (κ1) is 13.8. The van der Waals surface area contributed by atoms with Crippen molar-refractivity contribution in [3.05, 3.63) is 30.3 Å². The second-order valence-corrected chi connectivity index (χ2v) is 6.09. The van der Waals surface area contributed by atoms with Gasteiger partial charge in [-0.2, -0.15) is 0 Å². The van der Waals surface area contributed by atoms with Crippen LogP contribution < -0.4 is 10.1 Å². The fraction of sp³-hybridized carbons (Fsp3) is 0.417. The van der Waals surface area contributed by atoms with Crippen molar-refractivity contribution in [2.24, 2.45) is 0 Å². The van der Waals surface area contributed by atoms with Crippen molar-refractivity contribution in [3.63, 3.8) is 0 Å². The number of amides is 2. The van der Waals surface area contributed by atoms with Crippen molar-refractivity contribution in [1.82, 2.24) is 15.2 Å². The fourth-order valence-corrected chi connectivity index (χ4v) is 2.88. The van der Waals surface area contributed by atoms with E-state index in [1.807, 2.05) is 4.72 Å². The van der Waals surface area contributed by atoms with Crippen LogP contribution in [0.15, 0.2) is 35.2 Å². The minimum Gasteiger partial charge on any atom is -0.270 e. The second kappa shape index (κ2) is 6.03. The molecule has 1 saturated heterocycles. The molecule has 6 nitrogen and oxygen atoms in total. The van der Waals surface area contributed by atoms with E-state index in [2.05, 4.69) is 5.43 Å². The molecule has 0 radical (unpaired) electrons. The quantitative estimate of drug-likeness (QED) is 0.870. The van der Waals surface area contributed by atoms with E-state index >= 15 is 0 Å². The summed E-state index contributed by atoms with van der Waals surface area (Å²) in [6.07, 6.45) is 3.15. The topological polar surface area (TPSA) is 78.5 Å². The lowest BCUT2D eigenvalue weighted by molar-refractivity contribution is 0.158. The van der Waals surface area contributed by atoms with Crippen molar-refractivity contribution < 1.29 is 13.2 Å². The third-order valence-corrected chi connectivity index (χ3v) is 4.24. The number of hydrogen-bond acceptors (Lipinski definition) is 4. The molecular formula is C12H17N3O3S. The van der Waals surface area contributed by atoms with Crippen LogP contribution in [0, 0.1) is 0 Å². The smallest absolute Gasteiger partial charge is 0.270 e. The Kier molecular flexibility index (Phi) is 4.39. The molecule has 2 N–H and O–H groups in total. The molecule has 1 aliphatic heterocycles. The summed E-state index contributed by atoms with van der Waals surface area (Å²) in [5, 5.41) is 1.74. The maximum atomic E-state index is 11.9. The molecule has 0 aliphatic carbocycles. The highest BCUT2D eigenvalue weighted by atomic mass is 32.2. The lowest BCUT2D eigenvalue weighted by Crippen LogP contribution is -2.50. The molecular weight excluding hydrogens is 266 g/mol. The number of rotatable bonds is 3. The largest absolute Gasteiger partial charge is 0.343 e. The van der Waals surface area contributed by atoms with Gasteiger partial charge < -0.3 is 0 Å². The fourth-order valence-electron chi connectivity index (χ4n) is 1.95. The number of carbonyl (C=O) groups is 1. The molecule has 1 aromatic rings. The molecule has 104 valence electrons. The molecule has 1 aromatic carbocycles. The Morgan fingerprint density at radius 3 is 2.32 bits per heavy atom. The Morgan fingerprint density at radius 1 is 1.05 bits per heavy atom. The van der Waals surface area contributed by atoms with E-state index in [1.54, 1.807) is 23.2 Å². The van der Waals surface area contributed by atoms with E-state index in [9.17, 15) is 13.2 Å². The minimum atomic E-state index is -3.80. The maximum absolute atomic E-state index is 11.9. The lowest BCUT2D eigenvalue weighted by atomic mass is 10.2. The van der Waals surface area contributed by atoms with Crippen LogP contribution in [0.1, 0.15) is 19.3 Å². The number of sulfonamides is 1. The number of carbonyl (C=O) groups excluding carboxylic acids is 1. The number of urea groups is 1. The van der Waals surface area contributed by atoms with Crippen LogP contribution in [-0.4, -0.2) is 32.5 Å². The summed E-state index contributed by atoms with van der Waals surface area (Å²) in [7, 11) is -3.80. The number of nitrogens with one attached hydrogen (secondary N) is 2. The van der Waals surface area contributed by atoms with Crippen molar-refractivity contribution in [1.29, 1.82) is 0 Å². The number of benzene rings is 1. The molecule has 0 spiro atoms. The van der Waals surface area contributed by atoms with E-state index in [0.29, 0.717) is 0 Å². The summed E-state index contributed by atoms with van der Waals surface area (Å²) in [5.41, 5.74) is 2.55. The summed E-state index contributed by atoms with van der Waals surface area (Å²) >= 11 is 0. The van der Waals surface area contributed by atoms with Crippen molar-refractivity contribution in [3.8, 4) is 0 Å². The summed E-state index contributed by atoms with van der Waals surface area (Å²) < 4.78 is 25.8. The summed E-state index contributed by atoms with van der Waals surface area (Å²) in [6.45, 7) is 1.50. The predicted molar refractivity (Wildman–Crippen MR) is 70.7 cm³/mol. The SMILES string of the molecule is O=C(NN1CCCCC1)NS(=O)(=O)c1ccccc1. The average molecular weight is 283 g/mol. The molecule has 0 saturated carbocycles. The Labute approximate surface area is 112 Å². The van der Waals surface area contributed by atoms with Crippen LogP contribution in [0.2, 0.25) is 0 Å². The average Bonchev–Trinajstić information content (AvgIpc) is 2.40. The molecule has 0 bridgehead atoms. The normalized spacial score (nSPS) is 16.8. The standard InChI is InChI=1S/C12H17N3O3S/c16-12(13-15-9-5-2-6-10-15)14-19(17,18)11-7-3-1-4-8-11/h1,3-4,7-8H,2,5-6,9-10H2,(H2,13,14,16). The lowest BCUT2D eigenvalue weighted by Gasteiger charge is -2.26. The highest BCUT2D eigenvalue weighted by molar-refractivity contribution is 7.90. The summed E-state index contributed by atoms with van der Waals surface area (Å²) in [5.74, 6) is 0. The Bertz CT molecular complexity index is 524. The Balaban J connectivity index is 1.94. The number of nitrogens with zero attached hydrogens (tertiary/aromatic N) is 1. The third-order valence-electron chi connectivity index (χ3n) is 2.90. The van der Waals surface area contributed by atoms with Gasteiger partial charge >= 0.3 is 6.03 Å². The summed E-state index contributed by atoms with van der Waals surface area (Å²) in [6, 6.07) is 7.10. The monoisotopic (exact) mass is 283 g/mol. The van der Waals surface area contributed by atoms with Gasteiger partial charge in [-0.25, -0.2) is 22.9 Å². The van der Waals surface area contributed by atoms with Crippen LogP contribution in [0.3, 0.4) is 0 Å². The maximum Gasteiger partial charge on any atom is 0.343 e. The first-order chi connectivity index (χ1) is 9.08. The van der Waals surface area contributed by atoms with Crippen molar-refractivity contribution in [2.45, 2.75) is 24.2 Å². The number of hydrazine groups is 1. The molecule has 19 heavy (non-hydrogen) atoms. The van der Waals surface area contributed by atoms with Crippen LogP contribution >= 0.6 is 0 Å². The van der Waals surface area contributed by atoms with Crippen LogP contribution in [0.5, 0.6) is 0 Å². The first-order valence-electron chi connectivity index (χ1n) is 6.21. The highest BCUT2D eigenvalue weighted by Crippen LogP contribution is 2.08. The third kappa shape index (κ3) is 3.93. The van der Waals surface area contributed by atoms with Gasteiger partial charge in [0.05, 0.1) is 4.90 Å². The highest BCUT2D eigenvalue weighted by Gasteiger charge is 2.19. The van der Waals surface area contributed by atoms with E-state index in [-0.39, 0.29) is 4.90 Å². The van der Waals surface area contributed by atoms with Gasteiger partial charge in [0.1, 0.15) is 0 Å². The molecule has 0 aromatic heterocycles. The zero-order valence-electron chi connectivity index (χ0n) is 10.5. The van der Waals surface area contributed by atoms with Gasteiger partial charge in [0.15, 0.2) is 0 Å². The molecule has 1 fully saturated rings. The van der Waals surface area contributed by atoms with Gasteiger partial charge in [-0.1, -0.05) is 24.6 Å². The zero-order valence-corrected chi connectivity index (χ0v) is 11.3. The molecule has 0 atom stereocenters. The van der Waals surface area contributed by atoms with Gasteiger partial charge in [-0.05, 0) is 25.0 Å². The predicted octanol–water partition coefficient (Wildman–Crippen LogP) is 1.08. The van der Waals surface area contributed by atoms with Crippen molar-refractivity contribution in [2.75, 3.05) is 13.1 Å². The molecule has 2 amide bonds. The zero-order chi connectivity index (χ0) is 13.7. The van der Waals surface area contributed by atoms with Gasteiger partial charge in [0.25, 0.3) is 10.0 Å². The number of hydrogen-bond donors (Lipinski definition) is 2. The van der Waals surface area contributed by atoms with Gasteiger partial charge in [-0.15, -0.1) is 0 Å². The minimum absolute atomic E-state index is 0.0730. The van der Waals surface area contributed by atoms with Gasteiger partial charge in [0, 0.05) is 13.1 Å². The van der Waals surface area contributed by atoms with E-state index in [4.69, 9.17) is 0 Å². The van der Waals surface area contributed by atoms with Crippen LogP contribution in [0.25, 0.3) is 0 Å². The van der Waals surface area contributed by atoms with Gasteiger partial charge in [-0.3, -0.25) is 5.43 Å². The molecule has 1 aliphatic rings. The number of piperidine rings is 1. The van der Waals surface area contributed by atoms with Crippen LogP contribution in [-0.2, 0) is 10.0 Å². The van der Waals surface area contributed by atoms with Crippen LogP contribution in [0.4, 0.5) is 4.79 Å². The molecule has 2 rings (SSSR count). The Hall–Kier alpha value is -1.60. The molecule has 0 unspecified atom stereocenters. The Morgan fingerprint density at radius 2 is 1.68 bits per heavy atom. The first-order valence-corrected chi connectivity index (χ1v) is 7.70. The molecule has 1 heterocycles. The van der Waals surface area contributed by atoms with Gasteiger partial charge in [0.2, 0.25) is 0 Å². The van der Waals surface area contributed by atoms with Crippen molar-refractivity contribution >= 4 is 16.1 Å². The summed E-state index contributed by atoms with van der Waals surface area (Å²) in [4.78, 5) is 11.7. The van der Waals surface area contributed by atoms with E-state index in [1.165, 1.54) is 12.1 Å². The van der Waals surface area contributed by atoms with E-state index in [0.717, 1.165) is 32.4 Å². The molecule has 7 heteroatoms. The second-order valence-electron chi connectivity index (χ2n) is 4.41. The van der Waals surface area contributed by atoms with E-state index < -0.39 is 16.1 Å².